The highest BCUT2D eigenvalue weighted by atomic mass is 32.2. The van der Waals surface area contributed by atoms with E-state index in [1.165, 1.54) is 23.1 Å². The highest BCUT2D eigenvalue weighted by molar-refractivity contribution is 8.01. The second-order valence-electron chi connectivity index (χ2n) is 4.89. The lowest BCUT2D eigenvalue weighted by Gasteiger charge is -2.04. The third-order valence-electron chi connectivity index (χ3n) is 2.97. The number of rotatable bonds is 9. The summed E-state index contributed by atoms with van der Waals surface area (Å²) in [5, 5.41) is 4.21. The van der Waals surface area contributed by atoms with Crippen LogP contribution in [0.15, 0.2) is 57.9 Å². The molecule has 0 fully saturated rings. The highest BCUT2D eigenvalue weighted by Gasteiger charge is 2.13. The molecule has 0 unspecified atom stereocenters. The number of halogens is 3. The summed E-state index contributed by atoms with van der Waals surface area (Å²) in [6, 6.07) is 9.56. The van der Waals surface area contributed by atoms with Gasteiger partial charge in [-0.05, 0) is 6.42 Å². The molecule has 0 bridgehead atoms. The molecule has 0 atom stereocenters. The zero-order valence-electron chi connectivity index (χ0n) is 13.5. The fraction of sp³-hybridized carbons (Fsp3) is 0.294. The normalized spacial score (nSPS) is 11.4. The molecule has 0 N–H and O–H groups in total. The van der Waals surface area contributed by atoms with Crippen LogP contribution in [0.4, 0.5) is 13.2 Å². The molecule has 0 aliphatic rings. The molecule has 8 heteroatoms. The van der Waals surface area contributed by atoms with Crippen molar-refractivity contribution in [2.75, 3.05) is 12.4 Å². The van der Waals surface area contributed by atoms with E-state index in [1.807, 2.05) is 37.3 Å². The molecule has 0 radical (unpaired) electrons. The average Bonchev–Trinajstić information content (AvgIpc) is 3.08. The fourth-order valence-corrected chi connectivity index (χ4v) is 3.78. The van der Waals surface area contributed by atoms with Gasteiger partial charge in [-0.15, -0.1) is 11.3 Å². The monoisotopic (exact) mass is 386 g/mol. The molecular weight excluding hydrogens is 369 g/mol. The average molecular weight is 386 g/mol. The molecule has 0 amide bonds. The van der Waals surface area contributed by atoms with Crippen LogP contribution < -0.4 is 0 Å². The van der Waals surface area contributed by atoms with Gasteiger partial charge < -0.3 is 4.84 Å². The van der Waals surface area contributed by atoms with E-state index in [4.69, 9.17) is 4.84 Å². The lowest BCUT2D eigenvalue weighted by molar-refractivity contribution is 0.145. The van der Waals surface area contributed by atoms with Gasteiger partial charge in [0, 0.05) is 23.9 Å². The highest BCUT2D eigenvalue weighted by Crippen LogP contribution is 2.28. The van der Waals surface area contributed by atoms with Crippen molar-refractivity contribution in [3.63, 3.8) is 0 Å². The predicted octanol–water partition coefficient (Wildman–Crippen LogP) is 5.88. The summed E-state index contributed by atoms with van der Waals surface area (Å²) < 4.78 is 37.6. The van der Waals surface area contributed by atoms with E-state index in [0.29, 0.717) is 16.7 Å². The first-order chi connectivity index (χ1) is 12.1. The van der Waals surface area contributed by atoms with E-state index in [1.54, 1.807) is 6.20 Å². The summed E-state index contributed by atoms with van der Waals surface area (Å²) in [6.45, 7) is 2.50. The third-order valence-corrected chi connectivity index (χ3v) is 5.13. The fourth-order valence-electron chi connectivity index (χ4n) is 1.79. The predicted molar refractivity (Wildman–Crippen MR) is 96.1 cm³/mol. The Morgan fingerprint density at radius 1 is 1.24 bits per heavy atom. The van der Waals surface area contributed by atoms with Crippen LogP contribution in [0.25, 0.3) is 0 Å². The summed E-state index contributed by atoms with van der Waals surface area (Å²) >= 11 is 2.60. The number of benzene rings is 1. The molecule has 0 saturated carbocycles. The van der Waals surface area contributed by atoms with E-state index >= 15 is 0 Å². The van der Waals surface area contributed by atoms with E-state index in [2.05, 4.69) is 10.1 Å². The molecule has 3 nitrogen and oxygen atoms in total. The molecule has 1 aromatic carbocycles. The molecule has 2 aromatic rings. The molecular formula is C17H17F3N2OS2. The van der Waals surface area contributed by atoms with Gasteiger partial charge >= 0.3 is 6.08 Å². The van der Waals surface area contributed by atoms with E-state index in [9.17, 15) is 13.2 Å². The molecule has 0 saturated heterocycles. The number of hydrogen-bond donors (Lipinski definition) is 0. The Morgan fingerprint density at radius 3 is 2.68 bits per heavy atom. The molecule has 0 aliphatic carbocycles. The Morgan fingerprint density at radius 2 is 2.00 bits per heavy atom. The minimum absolute atomic E-state index is 0.195. The van der Waals surface area contributed by atoms with Crippen molar-refractivity contribution in [2.24, 2.45) is 5.16 Å². The summed E-state index contributed by atoms with van der Waals surface area (Å²) in [4.78, 5) is 10.4. The minimum Gasteiger partial charge on any atom is -0.395 e. The zero-order chi connectivity index (χ0) is 18.1. The van der Waals surface area contributed by atoms with Crippen molar-refractivity contribution in [1.29, 1.82) is 0 Å². The number of aromatic nitrogens is 1. The van der Waals surface area contributed by atoms with Crippen molar-refractivity contribution in [3.05, 3.63) is 58.9 Å². The van der Waals surface area contributed by atoms with E-state index in [0.717, 1.165) is 16.9 Å². The van der Waals surface area contributed by atoms with Gasteiger partial charge in [0.2, 0.25) is 0 Å². The van der Waals surface area contributed by atoms with Crippen molar-refractivity contribution >= 4 is 28.8 Å². The summed E-state index contributed by atoms with van der Waals surface area (Å²) in [6.07, 6.45) is -0.0661. The molecule has 0 spiro atoms. The molecule has 1 aromatic heterocycles. The largest absolute Gasteiger partial charge is 0.395 e. The number of hydrogen-bond acceptors (Lipinski definition) is 5. The van der Waals surface area contributed by atoms with Crippen molar-refractivity contribution < 1.29 is 18.0 Å². The van der Waals surface area contributed by atoms with E-state index in [-0.39, 0.29) is 12.2 Å². The van der Waals surface area contributed by atoms with Crippen LogP contribution in [0, 0.1) is 0 Å². The van der Waals surface area contributed by atoms with Crippen molar-refractivity contribution in [2.45, 2.75) is 24.1 Å². The quantitative estimate of drug-likeness (QED) is 0.233. The van der Waals surface area contributed by atoms with E-state index < -0.39 is 11.9 Å². The van der Waals surface area contributed by atoms with Gasteiger partial charge in [0.15, 0.2) is 5.83 Å². The van der Waals surface area contributed by atoms with Gasteiger partial charge in [-0.25, -0.2) is 9.37 Å². The zero-order valence-corrected chi connectivity index (χ0v) is 15.2. The van der Waals surface area contributed by atoms with Crippen molar-refractivity contribution in [1.82, 2.24) is 4.98 Å². The third kappa shape index (κ3) is 6.21. The maximum atomic E-state index is 12.8. The van der Waals surface area contributed by atoms with Gasteiger partial charge in [-0.3, -0.25) is 0 Å². The van der Waals surface area contributed by atoms with Crippen molar-refractivity contribution in [3.8, 4) is 0 Å². The molecule has 134 valence electrons. The minimum atomic E-state index is -2.26. The van der Waals surface area contributed by atoms with Gasteiger partial charge in [0.25, 0.3) is 0 Å². The maximum absolute atomic E-state index is 12.8. The SMILES string of the molecule is CCCO/N=C(\c1ccccc1)c1cnc(SCCC(F)=C(F)F)s1. The second-order valence-corrected chi connectivity index (χ2v) is 7.27. The van der Waals surface area contributed by atoms with Crippen LogP contribution in [0.5, 0.6) is 0 Å². The number of oxime groups is 1. The first kappa shape index (κ1) is 19.5. The smallest absolute Gasteiger partial charge is 0.301 e. The number of allylic oxidation sites excluding steroid dienone is 1. The topological polar surface area (TPSA) is 34.5 Å². The summed E-state index contributed by atoms with van der Waals surface area (Å²) in [5.41, 5.74) is 1.56. The number of thioether (sulfide) groups is 1. The Balaban J connectivity index is 2.10. The summed E-state index contributed by atoms with van der Waals surface area (Å²) in [7, 11) is 0. The first-order valence-corrected chi connectivity index (χ1v) is 9.46. The van der Waals surface area contributed by atoms with Crippen LogP contribution in [0.1, 0.15) is 30.2 Å². The summed E-state index contributed by atoms with van der Waals surface area (Å²) in [5.74, 6) is -1.18. The van der Waals surface area contributed by atoms with Crippen LogP contribution >= 0.6 is 23.1 Å². The Kier molecular flexibility index (Phi) is 8.00. The van der Waals surface area contributed by atoms with Gasteiger partial charge in [-0.2, -0.15) is 8.78 Å². The maximum Gasteiger partial charge on any atom is 0.301 e. The Labute approximate surface area is 152 Å². The van der Waals surface area contributed by atoms with Gasteiger partial charge in [0.05, 0.1) is 4.88 Å². The van der Waals surface area contributed by atoms with Crippen LogP contribution in [-0.4, -0.2) is 23.1 Å². The van der Waals surface area contributed by atoms with Gasteiger partial charge in [-0.1, -0.05) is 54.2 Å². The molecule has 25 heavy (non-hydrogen) atoms. The van der Waals surface area contributed by atoms with Crippen LogP contribution in [-0.2, 0) is 4.84 Å². The van der Waals surface area contributed by atoms with Crippen LogP contribution in [0.3, 0.4) is 0 Å². The number of thiazole rings is 1. The standard InChI is InChI=1S/C17H17F3N2OS2/c1-2-9-23-22-15(12-6-4-3-5-7-12)14-11-21-17(25-14)24-10-8-13(18)16(19)20/h3-7,11H,2,8-10H2,1H3/b22-15+. The second kappa shape index (κ2) is 10.2. The lowest BCUT2D eigenvalue weighted by atomic mass is 10.1. The molecule has 0 aliphatic heterocycles. The van der Waals surface area contributed by atoms with Crippen LogP contribution in [0.2, 0.25) is 0 Å². The molecule has 2 rings (SSSR count). The van der Waals surface area contributed by atoms with Gasteiger partial charge in [0.1, 0.15) is 16.7 Å². The Bertz CT molecular complexity index is 729. The molecule has 1 heterocycles. The number of nitrogens with zero attached hydrogens (tertiary/aromatic N) is 2. The lowest BCUT2D eigenvalue weighted by Crippen LogP contribution is -2.02. The Hall–Kier alpha value is -1.80. The first-order valence-electron chi connectivity index (χ1n) is 7.65.